The molecular formula is C18H15NO4S. The van der Waals surface area contributed by atoms with Crippen LogP contribution in [0.15, 0.2) is 46.9 Å². The van der Waals surface area contributed by atoms with Crippen LogP contribution < -0.4 is 4.90 Å². The summed E-state index contributed by atoms with van der Waals surface area (Å²) in [5, 5.41) is 1.94. The van der Waals surface area contributed by atoms with Crippen molar-refractivity contribution in [2.24, 2.45) is 5.92 Å². The number of nitrogens with zero attached hydrogens (tertiary/aromatic N) is 1. The third-order valence-electron chi connectivity index (χ3n) is 5.11. The quantitative estimate of drug-likeness (QED) is 0.682. The fourth-order valence-electron chi connectivity index (χ4n) is 4.09. The Kier molecular flexibility index (Phi) is 2.69. The summed E-state index contributed by atoms with van der Waals surface area (Å²) in [6.07, 6.45) is 0.314. The molecule has 122 valence electrons. The fourth-order valence-corrected chi connectivity index (χ4v) is 6.16. The van der Waals surface area contributed by atoms with Crippen molar-refractivity contribution in [2.45, 2.75) is 12.5 Å². The second-order valence-electron chi connectivity index (χ2n) is 6.65. The summed E-state index contributed by atoms with van der Waals surface area (Å²) in [4.78, 5) is 14.1. The summed E-state index contributed by atoms with van der Waals surface area (Å²) >= 11 is 0. The van der Waals surface area contributed by atoms with Crippen LogP contribution in [-0.2, 0) is 14.6 Å². The van der Waals surface area contributed by atoms with Gasteiger partial charge in [-0.25, -0.2) is 8.42 Å². The van der Waals surface area contributed by atoms with E-state index >= 15 is 0 Å². The summed E-state index contributed by atoms with van der Waals surface area (Å²) in [5.74, 6) is 0.107. The van der Waals surface area contributed by atoms with Gasteiger partial charge in [0.1, 0.15) is 11.2 Å². The Morgan fingerprint density at radius 2 is 1.79 bits per heavy atom. The molecule has 2 saturated heterocycles. The average Bonchev–Trinajstić information content (AvgIpc) is 3.13. The first-order valence-electron chi connectivity index (χ1n) is 7.96. The summed E-state index contributed by atoms with van der Waals surface area (Å²) in [6.45, 7) is 0. The molecule has 0 aliphatic carbocycles. The Hall–Kier alpha value is -2.34. The van der Waals surface area contributed by atoms with Crippen molar-refractivity contribution in [2.75, 3.05) is 16.4 Å². The molecule has 0 spiro atoms. The summed E-state index contributed by atoms with van der Waals surface area (Å²) < 4.78 is 29.7. The van der Waals surface area contributed by atoms with Crippen LogP contribution in [-0.4, -0.2) is 31.9 Å². The highest BCUT2D eigenvalue weighted by molar-refractivity contribution is 7.91. The predicted molar refractivity (Wildman–Crippen MR) is 91.8 cm³/mol. The molecule has 2 aromatic carbocycles. The lowest BCUT2D eigenvalue weighted by atomic mass is 10.0. The van der Waals surface area contributed by atoms with E-state index in [1.165, 1.54) is 0 Å². The van der Waals surface area contributed by atoms with Crippen molar-refractivity contribution >= 4 is 43.4 Å². The Bertz CT molecular complexity index is 1100. The summed E-state index contributed by atoms with van der Waals surface area (Å²) in [7, 11) is -3.05. The number of carbonyl (C=O) groups excluding carboxylic acids is 1. The number of para-hydroxylation sites is 1. The number of hydrogen-bond acceptors (Lipinski definition) is 4. The SMILES string of the molecule is O=C1C[C@@H]2CS(=O)(=O)C[C@H]2N1c1ccc2oc3ccccc3c2c1. The van der Waals surface area contributed by atoms with Crippen molar-refractivity contribution in [3.63, 3.8) is 0 Å². The van der Waals surface area contributed by atoms with Crippen LogP contribution in [0.5, 0.6) is 0 Å². The fraction of sp³-hybridized carbons (Fsp3) is 0.278. The van der Waals surface area contributed by atoms with Crippen LogP contribution in [0.1, 0.15) is 6.42 Å². The number of rotatable bonds is 1. The molecule has 0 radical (unpaired) electrons. The highest BCUT2D eigenvalue weighted by atomic mass is 32.2. The van der Waals surface area contributed by atoms with E-state index in [4.69, 9.17) is 4.42 Å². The second-order valence-corrected chi connectivity index (χ2v) is 8.80. The van der Waals surface area contributed by atoms with Crippen LogP contribution in [0.4, 0.5) is 5.69 Å². The molecular weight excluding hydrogens is 326 g/mol. The van der Waals surface area contributed by atoms with Gasteiger partial charge in [0.05, 0.1) is 17.5 Å². The second kappa shape index (κ2) is 4.60. The monoisotopic (exact) mass is 341 g/mol. The molecule has 3 aromatic rings. The first kappa shape index (κ1) is 14.0. The van der Waals surface area contributed by atoms with E-state index in [2.05, 4.69) is 0 Å². The molecule has 0 bridgehead atoms. The van der Waals surface area contributed by atoms with Crippen molar-refractivity contribution in [1.29, 1.82) is 0 Å². The molecule has 2 atom stereocenters. The molecule has 0 saturated carbocycles. The van der Waals surface area contributed by atoms with Gasteiger partial charge in [-0.05, 0) is 24.3 Å². The van der Waals surface area contributed by atoms with Gasteiger partial charge in [0.25, 0.3) is 0 Å². The van der Waals surface area contributed by atoms with Gasteiger partial charge >= 0.3 is 0 Å². The molecule has 3 heterocycles. The lowest BCUT2D eigenvalue weighted by Gasteiger charge is -2.23. The minimum atomic E-state index is -3.05. The van der Waals surface area contributed by atoms with Gasteiger partial charge in [-0.1, -0.05) is 18.2 Å². The number of furan rings is 1. The zero-order chi connectivity index (χ0) is 16.5. The molecule has 1 aromatic heterocycles. The van der Waals surface area contributed by atoms with Gasteiger partial charge in [-0.2, -0.15) is 0 Å². The number of amides is 1. The minimum Gasteiger partial charge on any atom is -0.456 e. The van der Waals surface area contributed by atoms with Gasteiger partial charge in [0.2, 0.25) is 5.91 Å². The first-order chi connectivity index (χ1) is 11.5. The Labute approximate surface area is 138 Å². The number of sulfone groups is 1. The number of benzene rings is 2. The average molecular weight is 341 g/mol. The summed E-state index contributed by atoms with van der Waals surface area (Å²) in [6, 6.07) is 13.2. The minimum absolute atomic E-state index is 0.00653. The third-order valence-corrected chi connectivity index (χ3v) is 6.90. The van der Waals surface area contributed by atoms with E-state index in [-0.39, 0.29) is 29.4 Å². The number of hydrogen-bond donors (Lipinski definition) is 0. The lowest BCUT2D eigenvalue weighted by Crippen LogP contribution is -2.36. The molecule has 2 aliphatic rings. The third kappa shape index (κ3) is 1.92. The standard InChI is InChI=1S/C18H15NO4S/c20-18-7-11-9-24(21,22)10-15(11)19(18)12-5-6-17-14(8-12)13-3-1-2-4-16(13)23-17/h1-6,8,11,15H,7,9-10H2/t11-,15-/m1/s1. The van der Waals surface area contributed by atoms with Gasteiger partial charge in [0, 0.05) is 28.8 Å². The lowest BCUT2D eigenvalue weighted by molar-refractivity contribution is -0.117. The molecule has 5 nitrogen and oxygen atoms in total. The van der Waals surface area contributed by atoms with E-state index in [9.17, 15) is 13.2 Å². The van der Waals surface area contributed by atoms with Crippen LogP contribution in [0.3, 0.4) is 0 Å². The van der Waals surface area contributed by atoms with E-state index < -0.39 is 9.84 Å². The van der Waals surface area contributed by atoms with Gasteiger partial charge in [0.15, 0.2) is 9.84 Å². The highest BCUT2D eigenvalue weighted by Crippen LogP contribution is 2.39. The van der Waals surface area contributed by atoms with Crippen molar-refractivity contribution in [3.05, 3.63) is 42.5 Å². The maximum Gasteiger partial charge on any atom is 0.227 e. The molecule has 0 unspecified atom stereocenters. The molecule has 24 heavy (non-hydrogen) atoms. The van der Waals surface area contributed by atoms with Crippen LogP contribution in [0.25, 0.3) is 21.9 Å². The van der Waals surface area contributed by atoms with Crippen molar-refractivity contribution in [1.82, 2.24) is 0 Å². The summed E-state index contributed by atoms with van der Waals surface area (Å²) in [5.41, 5.74) is 2.32. The molecule has 5 rings (SSSR count). The van der Waals surface area contributed by atoms with Gasteiger partial charge in [-0.15, -0.1) is 0 Å². The Morgan fingerprint density at radius 3 is 2.67 bits per heavy atom. The maximum atomic E-state index is 12.4. The first-order valence-corrected chi connectivity index (χ1v) is 9.78. The highest BCUT2D eigenvalue weighted by Gasteiger charge is 2.49. The molecule has 0 N–H and O–H groups in total. The Balaban J connectivity index is 1.66. The van der Waals surface area contributed by atoms with E-state index in [1.54, 1.807) is 4.90 Å². The number of fused-ring (bicyclic) bond motifs is 4. The Morgan fingerprint density at radius 1 is 1.00 bits per heavy atom. The maximum absolute atomic E-state index is 12.4. The predicted octanol–water partition coefficient (Wildman–Crippen LogP) is 2.74. The molecule has 2 aliphatic heterocycles. The van der Waals surface area contributed by atoms with Gasteiger partial charge in [-0.3, -0.25) is 4.79 Å². The van der Waals surface area contributed by atoms with E-state index in [0.717, 1.165) is 27.6 Å². The van der Waals surface area contributed by atoms with Crippen LogP contribution in [0.2, 0.25) is 0 Å². The molecule has 6 heteroatoms. The smallest absolute Gasteiger partial charge is 0.227 e. The largest absolute Gasteiger partial charge is 0.456 e. The molecule has 1 amide bonds. The number of carbonyl (C=O) groups is 1. The van der Waals surface area contributed by atoms with Crippen molar-refractivity contribution < 1.29 is 17.6 Å². The zero-order valence-corrected chi connectivity index (χ0v) is 13.6. The van der Waals surface area contributed by atoms with Crippen LogP contribution in [0, 0.1) is 5.92 Å². The number of anilines is 1. The van der Waals surface area contributed by atoms with E-state index in [1.807, 2.05) is 42.5 Å². The van der Waals surface area contributed by atoms with Crippen molar-refractivity contribution in [3.8, 4) is 0 Å². The van der Waals surface area contributed by atoms with Gasteiger partial charge < -0.3 is 9.32 Å². The van der Waals surface area contributed by atoms with Crippen LogP contribution >= 0.6 is 0 Å². The zero-order valence-electron chi connectivity index (χ0n) is 12.8. The topological polar surface area (TPSA) is 67.6 Å². The normalized spacial score (nSPS) is 25.7. The molecule has 2 fully saturated rings. The van der Waals surface area contributed by atoms with E-state index in [0.29, 0.717) is 6.42 Å².